The second-order valence-corrected chi connectivity index (χ2v) is 6.10. The van der Waals surface area contributed by atoms with E-state index < -0.39 is 5.60 Å². The Hall–Kier alpha value is -0.860. The van der Waals surface area contributed by atoms with Gasteiger partial charge < -0.3 is 10.4 Å². The van der Waals surface area contributed by atoms with Crippen LogP contribution in [0.4, 0.5) is 0 Å². The lowest BCUT2D eigenvalue weighted by Crippen LogP contribution is -2.28. The average molecular weight is 247 g/mol. The number of hydrogen-bond acceptors (Lipinski definition) is 2. The van der Waals surface area contributed by atoms with Crippen LogP contribution in [0.25, 0.3) is 0 Å². The molecule has 1 aromatic carbocycles. The molecule has 1 saturated heterocycles. The van der Waals surface area contributed by atoms with E-state index >= 15 is 0 Å². The summed E-state index contributed by atoms with van der Waals surface area (Å²) in [4.78, 5) is 0. The Morgan fingerprint density at radius 1 is 1.28 bits per heavy atom. The van der Waals surface area contributed by atoms with Gasteiger partial charge in [-0.1, -0.05) is 24.3 Å². The topological polar surface area (TPSA) is 32.3 Å². The zero-order chi connectivity index (χ0) is 13.0. The van der Waals surface area contributed by atoms with Gasteiger partial charge in [0.15, 0.2) is 0 Å². The van der Waals surface area contributed by atoms with Crippen molar-refractivity contribution in [1.82, 2.24) is 5.32 Å². The van der Waals surface area contributed by atoms with Gasteiger partial charge in [-0.2, -0.15) is 0 Å². The van der Waals surface area contributed by atoms with Gasteiger partial charge >= 0.3 is 0 Å². The Kier molecular flexibility index (Phi) is 4.41. The van der Waals surface area contributed by atoms with E-state index in [0.29, 0.717) is 5.92 Å². The van der Waals surface area contributed by atoms with Gasteiger partial charge in [-0.15, -0.1) is 0 Å². The third-order valence-corrected chi connectivity index (χ3v) is 3.77. The molecule has 100 valence electrons. The van der Waals surface area contributed by atoms with E-state index in [1.807, 2.05) is 13.8 Å². The van der Waals surface area contributed by atoms with Crippen molar-refractivity contribution in [1.29, 1.82) is 0 Å². The zero-order valence-electron chi connectivity index (χ0n) is 11.6. The SMILES string of the molecule is CC(C)(O)CCc1ccc(C2CCCNC2)cc1. The molecule has 0 spiro atoms. The number of aliphatic hydroxyl groups is 1. The molecule has 0 radical (unpaired) electrons. The van der Waals surface area contributed by atoms with Gasteiger partial charge in [-0.3, -0.25) is 0 Å². The van der Waals surface area contributed by atoms with Gasteiger partial charge in [0.25, 0.3) is 0 Å². The predicted octanol–water partition coefficient (Wildman–Crippen LogP) is 2.86. The predicted molar refractivity (Wildman–Crippen MR) is 75.9 cm³/mol. The Labute approximate surface area is 110 Å². The summed E-state index contributed by atoms with van der Waals surface area (Å²) < 4.78 is 0. The smallest absolute Gasteiger partial charge is 0.0594 e. The fourth-order valence-corrected chi connectivity index (χ4v) is 2.54. The largest absolute Gasteiger partial charge is 0.390 e. The Morgan fingerprint density at radius 2 is 2.00 bits per heavy atom. The Balaban J connectivity index is 1.92. The molecular weight excluding hydrogens is 222 g/mol. The molecule has 1 aliphatic heterocycles. The molecule has 1 heterocycles. The zero-order valence-corrected chi connectivity index (χ0v) is 11.6. The molecule has 0 aromatic heterocycles. The van der Waals surface area contributed by atoms with Crippen molar-refractivity contribution >= 4 is 0 Å². The molecule has 1 aliphatic rings. The van der Waals surface area contributed by atoms with Crippen molar-refractivity contribution in [3.8, 4) is 0 Å². The molecule has 1 atom stereocenters. The molecule has 1 fully saturated rings. The van der Waals surface area contributed by atoms with Crippen LogP contribution in [-0.4, -0.2) is 23.8 Å². The van der Waals surface area contributed by atoms with E-state index in [9.17, 15) is 5.11 Å². The van der Waals surface area contributed by atoms with Crippen LogP contribution in [0.15, 0.2) is 24.3 Å². The van der Waals surface area contributed by atoms with Gasteiger partial charge in [0.1, 0.15) is 0 Å². The minimum Gasteiger partial charge on any atom is -0.390 e. The highest BCUT2D eigenvalue weighted by Crippen LogP contribution is 2.24. The highest BCUT2D eigenvalue weighted by molar-refractivity contribution is 5.26. The van der Waals surface area contributed by atoms with Crippen molar-refractivity contribution in [3.05, 3.63) is 35.4 Å². The lowest BCUT2D eigenvalue weighted by Gasteiger charge is -2.23. The fraction of sp³-hybridized carbons (Fsp3) is 0.625. The second-order valence-electron chi connectivity index (χ2n) is 6.10. The van der Waals surface area contributed by atoms with Gasteiger partial charge in [-0.05, 0) is 63.1 Å². The van der Waals surface area contributed by atoms with Crippen LogP contribution in [0.5, 0.6) is 0 Å². The highest BCUT2D eigenvalue weighted by Gasteiger charge is 2.15. The first kappa shape index (κ1) is 13.6. The van der Waals surface area contributed by atoms with Gasteiger partial charge in [0.2, 0.25) is 0 Å². The molecule has 1 aromatic rings. The molecule has 0 aliphatic carbocycles. The summed E-state index contributed by atoms with van der Waals surface area (Å²) in [5.74, 6) is 0.682. The summed E-state index contributed by atoms with van der Waals surface area (Å²) >= 11 is 0. The number of hydrogen-bond donors (Lipinski definition) is 2. The minimum absolute atomic E-state index is 0.564. The lowest BCUT2D eigenvalue weighted by atomic mass is 9.90. The lowest BCUT2D eigenvalue weighted by molar-refractivity contribution is 0.0714. The second kappa shape index (κ2) is 5.85. The molecular formula is C16H25NO. The first-order valence-corrected chi connectivity index (χ1v) is 7.06. The van der Waals surface area contributed by atoms with E-state index in [1.54, 1.807) is 0 Å². The first-order valence-electron chi connectivity index (χ1n) is 7.06. The molecule has 18 heavy (non-hydrogen) atoms. The van der Waals surface area contributed by atoms with Gasteiger partial charge in [0.05, 0.1) is 5.60 Å². The summed E-state index contributed by atoms with van der Waals surface area (Å²) in [6.07, 6.45) is 4.35. The van der Waals surface area contributed by atoms with Crippen LogP contribution in [0.1, 0.15) is 50.2 Å². The number of benzene rings is 1. The molecule has 2 heteroatoms. The van der Waals surface area contributed by atoms with E-state index in [1.165, 1.54) is 30.5 Å². The van der Waals surface area contributed by atoms with Gasteiger partial charge in [0, 0.05) is 6.54 Å². The monoisotopic (exact) mass is 247 g/mol. The maximum atomic E-state index is 9.73. The van der Waals surface area contributed by atoms with Crippen molar-refractivity contribution in [2.75, 3.05) is 13.1 Å². The number of rotatable bonds is 4. The summed E-state index contributed by atoms with van der Waals surface area (Å²) in [7, 11) is 0. The van der Waals surface area contributed by atoms with Crippen LogP contribution in [-0.2, 0) is 6.42 Å². The van der Waals surface area contributed by atoms with Crippen LogP contribution >= 0.6 is 0 Å². The average Bonchev–Trinajstić information content (AvgIpc) is 2.37. The Morgan fingerprint density at radius 3 is 2.56 bits per heavy atom. The third-order valence-electron chi connectivity index (χ3n) is 3.77. The van der Waals surface area contributed by atoms with Crippen LogP contribution in [0.3, 0.4) is 0 Å². The molecule has 2 rings (SSSR count). The highest BCUT2D eigenvalue weighted by atomic mass is 16.3. The van der Waals surface area contributed by atoms with Gasteiger partial charge in [-0.25, -0.2) is 0 Å². The summed E-state index contributed by atoms with van der Waals surface area (Å²) in [6.45, 7) is 6.02. The fourth-order valence-electron chi connectivity index (χ4n) is 2.54. The maximum Gasteiger partial charge on any atom is 0.0594 e. The van der Waals surface area contributed by atoms with Crippen LogP contribution in [0, 0.1) is 0 Å². The summed E-state index contributed by atoms with van der Waals surface area (Å²) in [5, 5.41) is 13.2. The molecule has 1 unspecified atom stereocenters. The molecule has 0 saturated carbocycles. The third kappa shape index (κ3) is 4.11. The Bertz CT molecular complexity index is 358. The van der Waals surface area contributed by atoms with Crippen molar-refractivity contribution in [2.24, 2.45) is 0 Å². The van der Waals surface area contributed by atoms with E-state index in [2.05, 4.69) is 29.6 Å². The quantitative estimate of drug-likeness (QED) is 0.857. The normalized spacial score (nSPS) is 20.9. The van der Waals surface area contributed by atoms with E-state index in [-0.39, 0.29) is 0 Å². The first-order chi connectivity index (χ1) is 8.54. The molecule has 0 amide bonds. The van der Waals surface area contributed by atoms with Crippen molar-refractivity contribution in [2.45, 2.75) is 51.0 Å². The molecule has 2 N–H and O–H groups in total. The number of piperidine rings is 1. The van der Waals surface area contributed by atoms with E-state index in [0.717, 1.165) is 19.4 Å². The molecule has 2 nitrogen and oxygen atoms in total. The van der Waals surface area contributed by atoms with Crippen molar-refractivity contribution in [3.63, 3.8) is 0 Å². The maximum absolute atomic E-state index is 9.73. The van der Waals surface area contributed by atoms with E-state index in [4.69, 9.17) is 0 Å². The number of nitrogens with one attached hydrogen (secondary N) is 1. The number of aryl methyl sites for hydroxylation is 1. The van der Waals surface area contributed by atoms with Crippen LogP contribution < -0.4 is 5.32 Å². The van der Waals surface area contributed by atoms with Crippen molar-refractivity contribution < 1.29 is 5.11 Å². The minimum atomic E-state index is -0.564. The summed E-state index contributed by atoms with van der Waals surface area (Å²) in [6, 6.07) is 8.96. The van der Waals surface area contributed by atoms with Crippen LogP contribution in [0.2, 0.25) is 0 Å². The molecule has 0 bridgehead atoms. The summed E-state index contributed by atoms with van der Waals surface area (Å²) in [5.41, 5.74) is 2.21. The standard InChI is InChI=1S/C16H25NO/c1-16(2,18)10-9-13-5-7-14(8-6-13)15-4-3-11-17-12-15/h5-8,15,17-18H,3-4,9-12H2,1-2H3.